The van der Waals surface area contributed by atoms with Crippen molar-refractivity contribution >= 4 is 5.78 Å². The highest BCUT2D eigenvalue weighted by molar-refractivity contribution is 5.83. The van der Waals surface area contributed by atoms with Crippen LogP contribution in [0.25, 0.3) is 5.69 Å². The van der Waals surface area contributed by atoms with Crippen molar-refractivity contribution in [1.82, 2.24) is 9.55 Å². The summed E-state index contributed by atoms with van der Waals surface area (Å²) in [5, 5.41) is 8.81. The van der Waals surface area contributed by atoms with Gasteiger partial charge in [0.1, 0.15) is 5.78 Å². The molecule has 20 heavy (non-hydrogen) atoms. The molecule has 0 fully saturated rings. The van der Waals surface area contributed by atoms with Crippen LogP contribution >= 0.6 is 0 Å². The number of nitrogens with zero attached hydrogens (tertiary/aromatic N) is 3. The minimum Gasteiger partial charge on any atom is -0.306 e. The summed E-state index contributed by atoms with van der Waals surface area (Å²) < 4.78 is 1.91. The molecule has 0 aliphatic carbocycles. The fourth-order valence-corrected chi connectivity index (χ4v) is 2.49. The quantitative estimate of drug-likeness (QED) is 0.836. The fraction of sp³-hybridized carbons (Fsp3) is 0.312. The number of hydrogen-bond donors (Lipinski definition) is 0. The molecule has 0 saturated heterocycles. The van der Waals surface area contributed by atoms with Crippen LogP contribution in [0.4, 0.5) is 0 Å². The standard InChI is InChI=1S/C16H17N3O/c1-12(7-8-17)16(13(2)20)14-3-5-15(6-4-14)19-10-9-18-11-19/h3-6,9-12,16H,7H2,1-2H3. The van der Waals surface area contributed by atoms with Crippen LogP contribution in [0.5, 0.6) is 0 Å². The Kier molecular flexibility index (Phi) is 4.31. The highest BCUT2D eigenvalue weighted by atomic mass is 16.1. The van der Waals surface area contributed by atoms with Crippen molar-refractivity contribution in [3.63, 3.8) is 0 Å². The number of ketones is 1. The minimum absolute atomic E-state index is 0.0246. The number of carbonyl (C=O) groups is 1. The van der Waals surface area contributed by atoms with Gasteiger partial charge in [-0.3, -0.25) is 4.79 Å². The van der Waals surface area contributed by atoms with Crippen molar-refractivity contribution in [2.45, 2.75) is 26.2 Å². The molecule has 2 rings (SSSR count). The zero-order valence-corrected chi connectivity index (χ0v) is 11.7. The van der Waals surface area contributed by atoms with Crippen LogP contribution in [-0.4, -0.2) is 15.3 Å². The molecule has 4 nitrogen and oxygen atoms in total. The van der Waals surface area contributed by atoms with E-state index in [1.165, 1.54) is 0 Å². The number of hydrogen-bond acceptors (Lipinski definition) is 3. The molecule has 4 heteroatoms. The van der Waals surface area contributed by atoms with Crippen LogP contribution in [0.3, 0.4) is 0 Å². The van der Waals surface area contributed by atoms with Crippen LogP contribution in [0.1, 0.15) is 31.7 Å². The molecule has 0 N–H and O–H groups in total. The Hall–Kier alpha value is -2.41. The second-order valence-corrected chi connectivity index (χ2v) is 4.99. The lowest BCUT2D eigenvalue weighted by Crippen LogP contribution is -2.17. The number of imidazole rings is 1. The van der Waals surface area contributed by atoms with Gasteiger partial charge in [0.15, 0.2) is 0 Å². The monoisotopic (exact) mass is 267 g/mol. The average Bonchev–Trinajstić information content (AvgIpc) is 2.93. The van der Waals surface area contributed by atoms with E-state index in [0.717, 1.165) is 11.3 Å². The Bertz CT molecular complexity index is 608. The van der Waals surface area contributed by atoms with Crippen molar-refractivity contribution in [1.29, 1.82) is 5.26 Å². The number of carbonyl (C=O) groups excluding carboxylic acids is 1. The summed E-state index contributed by atoms with van der Waals surface area (Å²) in [7, 11) is 0. The summed E-state index contributed by atoms with van der Waals surface area (Å²) in [6.07, 6.45) is 5.71. The molecule has 0 amide bonds. The van der Waals surface area contributed by atoms with Crippen molar-refractivity contribution in [2.75, 3.05) is 0 Å². The van der Waals surface area contributed by atoms with Gasteiger partial charge in [-0.2, -0.15) is 5.26 Å². The number of nitriles is 1. The molecular formula is C16H17N3O. The van der Waals surface area contributed by atoms with Gasteiger partial charge in [-0.1, -0.05) is 19.1 Å². The maximum atomic E-state index is 11.8. The first kappa shape index (κ1) is 14.0. The Balaban J connectivity index is 2.27. The van der Waals surface area contributed by atoms with E-state index in [-0.39, 0.29) is 17.6 Å². The third-order valence-corrected chi connectivity index (χ3v) is 3.48. The maximum Gasteiger partial charge on any atom is 0.137 e. The van der Waals surface area contributed by atoms with Gasteiger partial charge in [0.2, 0.25) is 0 Å². The van der Waals surface area contributed by atoms with Crippen molar-refractivity contribution in [3.05, 3.63) is 48.5 Å². The van der Waals surface area contributed by atoms with Crippen LogP contribution in [-0.2, 0) is 4.79 Å². The Morgan fingerprint density at radius 1 is 1.40 bits per heavy atom. The summed E-state index contributed by atoms with van der Waals surface area (Å²) in [4.78, 5) is 15.9. The van der Waals surface area contributed by atoms with Gasteiger partial charge in [-0.05, 0) is 30.5 Å². The first-order valence-corrected chi connectivity index (χ1v) is 6.59. The molecule has 1 aromatic heterocycles. The zero-order chi connectivity index (χ0) is 14.5. The highest BCUT2D eigenvalue weighted by Crippen LogP contribution is 2.28. The van der Waals surface area contributed by atoms with E-state index >= 15 is 0 Å². The first-order valence-electron chi connectivity index (χ1n) is 6.59. The highest BCUT2D eigenvalue weighted by Gasteiger charge is 2.23. The largest absolute Gasteiger partial charge is 0.306 e. The molecule has 102 valence electrons. The molecule has 0 aliphatic rings. The van der Waals surface area contributed by atoms with Gasteiger partial charge < -0.3 is 4.57 Å². The van der Waals surface area contributed by atoms with Gasteiger partial charge in [-0.25, -0.2) is 4.98 Å². The van der Waals surface area contributed by atoms with E-state index in [0.29, 0.717) is 6.42 Å². The normalized spacial score (nSPS) is 13.4. The second-order valence-electron chi connectivity index (χ2n) is 4.99. The van der Waals surface area contributed by atoms with E-state index in [1.807, 2.05) is 42.0 Å². The van der Waals surface area contributed by atoms with Gasteiger partial charge in [-0.15, -0.1) is 0 Å². The Morgan fingerprint density at radius 2 is 2.10 bits per heavy atom. The summed E-state index contributed by atoms with van der Waals surface area (Å²) in [5.74, 6) is -0.0915. The smallest absolute Gasteiger partial charge is 0.137 e. The van der Waals surface area contributed by atoms with Crippen molar-refractivity contribution in [2.24, 2.45) is 5.92 Å². The molecule has 0 aliphatic heterocycles. The summed E-state index contributed by atoms with van der Waals surface area (Å²) >= 11 is 0. The molecule has 2 atom stereocenters. The van der Waals surface area contributed by atoms with Crippen LogP contribution < -0.4 is 0 Å². The van der Waals surface area contributed by atoms with Gasteiger partial charge in [0.25, 0.3) is 0 Å². The lowest BCUT2D eigenvalue weighted by atomic mass is 9.83. The summed E-state index contributed by atoms with van der Waals surface area (Å²) in [6, 6.07) is 9.98. The van der Waals surface area contributed by atoms with Crippen molar-refractivity contribution in [3.8, 4) is 11.8 Å². The molecule has 1 aromatic carbocycles. The maximum absolute atomic E-state index is 11.8. The van der Waals surface area contributed by atoms with Crippen LogP contribution in [0, 0.1) is 17.2 Å². The number of Topliss-reactive ketones (excluding diaryl/α,β-unsaturated/α-hetero) is 1. The Morgan fingerprint density at radius 3 is 2.60 bits per heavy atom. The van der Waals surface area contributed by atoms with E-state index in [1.54, 1.807) is 19.4 Å². The summed E-state index contributed by atoms with van der Waals surface area (Å²) in [6.45, 7) is 3.53. The van der Waals surface area contributed by atoms with Gasteiger partial charge >= 0.3 is 0 Å². The molecular weight excluding hydrogens is 250 g/mol. The fourth-order valence-electron chi connectivity index (χ4n) is 2.49. The molecule has 0 radical (unpaired) electrons. The lowest BCUT2D eigenvalue weighted by Gasteiger charge is -2.20. The van der Waals surface area contributed by atoms with Gasteiger partial charge in [0.05, 0.1) is 12.4 Å². The SMILES string of the molecule is CC(=O)C(c1ccc(-n2ccnc2)cc1)C(C)CC#N. The summed E-state index contributed by atoms with van der Waals surface area (Å²) in [5.41, 5.74) is 1.96. The lowest BCUT2D eigenvalue weighted by molar-refractivity contribution is -0.119. The predicted molar refractivity (Wildman–Crippen MR) is 76.4 cm³/mol. The van der Waals surface area contributed by atoms with Crippen molar-refractivity contribution < 1.29 is 4.79 Å². The zero-order valence-electron chi connectivity index (χ0n) is 11.7. The van der Waals surface area contributed by atoms with E-state index in [2.05, 4.69) is 11.1 Å². The third-order valence-electron chi connectivity index (χ3n) is 3.48. The first-order chi connectivity index (χ1) is 9.63. The van der Waals surface area contributed by atoms with Crippen LogP contribution in [0.2, 0.25) is 0 Å². The van der Waals surface area contributed by atoms with Crippen LogP contribution in [0.15, 0.2) is 43.0 Å². The predicted octanol–water partition coefficient (Wildman–Crippen LogP) is 3.09. The number of benzene rings is 1. The molecule has 1 heterocycles. The molecule has 2 unspecified atom stereocenters. The average molecular weight is 267 g/mol. The molecule has 0 bridgehead atoms. The van der Waals surface area contributed by atoms with E-state index in [4.69, 9.17) is 5.26 Å². The molecule has 0 spiro atoms. The van der Waals surface area contributed by atoms with E-state index < -0.39 is 0 Å². The Labute approximate surface area is 118 Å². The molecule has 2 aromatic rings. The number of aromatic nitrogens is 2. The second kappa shape index (κ2) is 6.16. The molecule has 0 saturated carbocycles. The minimum atomic E-state index is -0.216. The van der Waals surface area contributed by atoms with Gasteiger partial charge in [0, 0.05) is 30.4 Å². The third kappa shape index (κ3) is 2.94. The topological polar surface area (TPSA) is 58.7 Å². The van der Waals surface area contributed by atoms with E-state index in [9.17, 15) is 4.79 Å². The number of rotatable bonds is 5.